The fourth-order valence-corrected chi connectivity index (χ4v) is 4.60. The van der Waals surface area contributed by atoms with Crippen molar-refractivity contribution in [2.45, 2.75) is 52.0 Å². The first-order valence-corrected chi connectivity index (χ1v) is 11.2. The Morgan fingerprint density at radius 3 is 2.48 bits per heavy atom. The summed E-state index contributed by atoms with van der Waals surface area (Å²) in [6.45, 7) is 2.86. The monoisotopic (exact) mass is 471 g/mol. The molecule has 9 nitrogen and oxygen atoms in total. The molecule has 1 aromatic carbocycles. The van der Waals surface area contributed by atoms with Crippen LogP contribution in [0.4, 0.5) is 11.6 Å². The zero-order valence-corrected chi connectivity index (χ0v) is 19.6. The van der Waals surface area contributed by atoms with Crippen LogP contribution in [0.3, 0.4) is 0 Å². The molecule has 0 bridgehead atoms. The van der Waals surface area contributed by atoms with Gasteiger partial charge in [0.1, 0.15) is 16.7 Å². The molecule has 33 heavy (non-hydrogen) atoms. The predicted molar refractivity (Wildman–Crippen MR) is 126 cm³/mol. The normalized spacial score (nSPS) is 14.3. The number of methoxy groups -OCH3 is 1. The molecule has 0 radical (unpaired) electrons. The minimum absolute atomic E-state index is 0.0205. The van der Waals surface area contributed by atoms with Crippen molar-refractivity contribution in [3.63, 3.8) is 0 Å². The van der Waals surface area contributed by atoms with Gasteiger partial charge in [0, 0.05) is 31.5 Å². The van der Waals surface area contributed by atoms with Crippen LogP contribution >= 0.6 is 11.6 Å². The number of ether oxygens (including phenoxy) is 2. The maximum atomic E-state index is 13.0. The molecule has 2 heterocycles. The van der Waals surface area contributed by atoms with Crippen molar-refractivity contribution in [1.82, 2.24) is 14.4 Å². The quantitative estimate of drug-likeness (QED) is 0.336. The van der Waals surface area contributed by atoms with Crippen molar-refractivity contribution in [1.29, 1.82) is 0 Å². The summed E-state index contributed by atoms with van der Waals surface area (Å²) >= 11 is 6.15. The molecule has 0 aliphatic heterocycles. The summed E-state index contributed by atoms with van der Waals surface area (Å²) in [5, 5.41) is 0.206. The lowest BCUT2D eigenvalue weighted by atomic mass is 9.94. The number of hydrogen-bond donors (Lipinski definition) is 1. The van der Waals surface area contributed by atoms with Crippen LogP contribution in [-0.2, 0) is 9.59 Å². The smallest absolute Gasteiger partial charge is 0.308 e. The van der Waals surface area contributed by atoms with Crippen molar-refractivity contribution >= 4 is 40.9 Å². The van der Waals surface area contributed by atoms with E-state index in [0.717, 1.165) is 32.1 Å². The number of fused-ring (bicyclic) bond motifs is 1. The molecule has 0 saturated heterocycles. The van der Waals surface area contributed by atoms with Crippen molar-refractivity contribution in [3.8, 4) is 22.8 Å². The maximum absolute atomic E-state index is 13.0. The first-order chi connectivity index (χ1) is 15.8. The van der Waals surface area contributed by atoms with E-state index in [-0.39, 0.29) is 28.6 Å². The lowest BCUT2D eigenvalue weighted by Crippen LogP contribution is -2.41. The lowest BCUT2D eigenvalue weighted by Gasteiger charge is -2.34. The van der Waals surface area contributed by atoms with Gasteiger partial charge < -0.3 is 15.2 Å². The third-order valence-electron chi connectivity index (χ3n) is 5.77. The van der Waals surface area contributed by atoms with Crippen molar-refractivity contribution in [3.05, 3.63) is 29.4 Å². The highest BCUT2D eigenvalue weighted by atomic mass is 35.5. The summed E-state index contributed by atoms with van der Waals surface area (Å²) in [6, 6.07) is 6.65. The van der Waals surface area contributed by atoms with E-state index in [1.54, 1.807) is 34.4 Å². The molecule has 0 atom stereocenters. The van der Waals surface area contributed by atoms with Crippen molar-refractivity contribution in [2.75, 3.05) is 17.7 Å². The number of benzene rings is 1. The van der Waals surface area contributed by atoms with Gasteiger partial charge in [-0.05, 0) is 31.0 Å². The number of aromatic nitrogens is 3. The molecule has 10 heteroatoms. The Bertz CT molecular complexity index is 1220. The number of nitrogens with zero attached hydrogens (tertiary/aromatic N) is 4. The molecule has 174 valence electrons. The fourth-order valence-electron chi connectivity index (χ4n) is 4.42. The van der Waals surface area contributed by atoms with Crippen LogP contribution in [0.15, 0.2) is 24.3 Å². The lowest BCUT2D eigenvalue weighted by molar-refractivity contribution is -0.132. The molecular formula is C23H26ClN5O4. The first-order valence-electron chi connectivity index (χ1n) is 10.8. The van der Waals surface area contributed by atoms with Gasteiger partial charge >= 0.3 is 5.97 Å². The van der Waals surface area contributed by atoms with Gasteiger partial charge in [0.15, 0.2) is 17.3 Å². The molecule has 0 unspecified atom stereocenters. The van der Waals surface area contributed by atoms with Crippen LogP contribution in [0, 0.1) is 0 Å². The van der Waals surface area contributed by atoms with Gasteiger partial charge in [-0.1, -0.05) is 30.9 Å². The van der Waals surface area contributed by atoms with Crippen LogP contribution in [0.25, 0.3) is 17.0 Å². The highest BCUT2D eigenvalue weighted by Gasteiger charge is 2.31. The Morgan fingerprint density at radius 1 is 1.12 bits per heavy atom. The Labute approximate surface area is 196 Å². The molecule has 1 fully saturated rings. The minimum atomic E-state index is -0.457. The number of rotatable bonds is 5. The second-order valence-corrected chi connectivity index (χ2v) is 8.45. The summed E-state index contributed by atoms with van der Waals surface area (Å²) in [6.07, 6.45) is 5.02. The number of amides is 1. The molecule has 2 N–H and O–H groups in total. The molecule has 1 saturated carbocycles. The molecule has 0 spiro atoms. The second kappa shape index (κ2) is 9.27. The van der Waals surface area contributed by atoms with Gasteiger partial charge in [-0.3, -0.25) is 14.5 Å². The van der Waals surface area contributed by atoms with Crippen molar-refractivity contribution < 1.29 is 19.1 Å². The third-order valence-corrected chi connectivity index (χ3v) is 5.96. The molecule has 4 rings (SSSR count). The zero-order valence-electron chi connectivity index (χ0n) is 18.8. The number of anilines is 2. The topological polar surface area (TPSA) is 112 Å². The van der Waals surface area contributed by atoms with Gasteiger partial charge in [0.05, 0.1) is 7.11 Å². The number of hydrogen-bond acceptors (Lipinski definition) is 7. The first kappa shape index (κ1) is 22.8. The molecule has 1 aliphatic carbocycles. The predicted octanol–water partition coefficient (Wildman–Crippen LogP) is 4.25. The van der Waals surface area contributed by atoms with Crippen LogP contribution < -0.4 is 20.1 Å². The highest BCUT2D eigenvalue weighted by molar-refractivity contribution is 6.29. The largest absolute Gasteiger partial charge is 0.493 e. The second-order valence-electron chi connectivity index (χ2n) is 8.06. The van der Waals surface area contributed by atoms with E-state index in [1.165, 1.54) is 20.1 Å². The Hall–Kier alpha value is -3.33. The average Bonchev–Trinajstić information content (AvgIpc) is 3.13. The van der Waals surface area contributed by atoms with Gasteiger partial charge in [0.25, 0.3) is 0 Å². The van der Waals surface area contributed by atoms with Gasteiger partial charge in [-0.25, -0.2) is 14.4 Å². The van der Waals surface area contributed by atoms with Crippen LogP contribution in [-0.4, -0.2) is 39.4 Å². The summed E-state index contributed by atoms with van der Waals surface area (Å²) in [5.74, 6) is 1.23. The Kier molecular flexibility index (Phi) is 6.42. The number of carbonyl (C=O) groups excluding carboxylic acids is 2. The van der Waals surface area contributed by atoms with Crippen molar-refractivity contribution in [2.24, 2.45) is 0 Å². The molecule has 3 aromatic rings. The number of imidazole rings is 1. The third kappa shape index (κ3) is 4.45. The zero-order chi connectivity index (χ0) is 23.7. The van der Waals surface area contributed by atoms with Gasteiger partial charge in [0.2, 0.25) is 11.7 Å². The van der Waals surface area contributed by atoms with E-state index in [2.05, 4.69) is 4.98 Å². The highest BCUT2D eigenvalue weighted by Crippen LogP contribution is 2.40. The summed E-state index contributed by atoms with van der Waals surface area (Å²) < 4.78 is 12.3. The van der Waals surface area contributed by atoms with E-state index >= 15 is 0 Å². The standard InChI is InChI=1S/C23H26ClN5O4/c1-13(30)28(16-7-5-4-6-8-16)22-21(27-23-26-19(24)12-20(25)29(22)23)15-9-10-17(33-14(2)31)18(11-15)32-3/h9-12,16H,4-8,25H2,1-3H3. The van der Waals surface area contributed by atoms with E-state index in [9.17, 15) is 9.59 Å². The average molecular weight is 472 g/mol. The number of carbonyl (C=O) groups is 2. The SMILES string of the molecule is COc1cc(-c2nc3nc(Cl)cc(N)n3c2N(C(C)=O)C2CCCCC2)ccc1OC(C)=O. The summed E-state index contributed by atoms with van der Waals surface area (Å²) in [7, 11) is 1.49. The number of esters is 1. The Morgan fingerprint density at radius 2 is 1.85 bits per heavy atom. The molecule has 1 amide bonds. The van der Waals surface area contributed by atoms with Crippen LogP contribution in [0.1, 0.15) is 46.0 Å². The van der Waals surface area contributed by atoms with E-state index in [1.807, 2.05) is 0 Å². The molecule has 2 aromatic heterocycles. The fraction of sp³-hybridized carbons (Fsp3) is 0.391. The molecular weight excluding hydrogens is 446 g/mol. The van der Waals surface area contributed by atoms with E-state index in [4.69, 9.17) is 31.8 Å². The maximum Gasteiger partial charge on any atom is 0.308 e. The molecule has 1 aliphatic rings. The van der Waals surface area contributed by atoms with Crippen LogP contribution in [0.2, 0.25) is 5.15 Å². The summed E-state index contributed by atoms with van der Waals surface area (Å²) in [4.78, 5) is 35.2. The van der Waals surface area contributed by atoms with E-state index < -0.39 is 5.97 Å². The Balaban J connectivity index is 1.96. The number of nitrogens with two attached hydrogens (primary N) is 1. The number of nitrogen functional groups attached to an aromatic ring is 1. The summed E-state index contributed by atoms with van der Waals surface area (Å²) in [5.41, 5.74) is 7.49. The van der Waals surface area contributed by atoms with Gasteiger partial charge in [-0.2, -0.15) is 0 Å². The van der Waals surface area contributed by atoms with Gasteiger partial charge in [-0.15, -0.1) is 0 Å². The van der Waals surface area contributed by atoms with Crippen LogP contribution in [0.5, 0.6) is 11.5 Å². The van der Waals surface area contributed by atoms with E-state index in [0.29, 0.717) is 28.6 Å². The number of halogens is 1. The minimum Gasteiger partial charge on any atom is -0.493 e.